The van der Waals surface area contributed by atoms with Crippen LogP contribution in [0.3, 0.4) is 0 Å². The number of nitrogens with zero attached hydrogens (tertiary/aromatic N) is 1. The lowest BCUT2D eigenvalue weighted by atomic mass is 9.99. The van der Waals surface area contributed by atoms with E-state index in [9.17, 15) is 4.79 Å². The van der Waals surface area contributed by atoms with Crippen molar-refractivity contribution in [1.29, 1.82) is 0 Å². The Morgan fingerprint density at radius 1 is 1.14 bits per heavy atom. The Kier molecular flexibility index (Phi) is 3.65. The van der Waals surface area contributed by atoms with E-state index in [0.29, 0.717) is 18.5 Å². The summed E-state index contributed by atoms with van der Waals surface area (Å²) in [6.07, 6.45) is 4.63. The SMILES string of the molecule is C=C(CCC(=O)c1ccccn1)c1ccc2[nH]ccc2c1. The molecule has 1 aromatic carbocycles. The first-order valence-corrected chi connectivity index (χ1v) is 6.93. The van der Waals surface area contributed by atoms with Crippen LogP contribution in [0, 0.1) is 0 Å². The highest BCUT2D eigenvalue weighted by Gasteiger charge is 2.08. The summed E-state index contributed by atoms with van der Waals surface area (Å²) in [5.41, 5.74) is 3.68. The molecule has 2 aromatic heterocycles. The molecular formula is C18H16N2O. The number of pyridine rings is 1. The van der Waals surface area contributed by atoms with E-state index in [0.717, 1.165) is 22.0 Å². The molecule has 104 valence electrons. The zero-order chi connectivity index (χ0) is 14.7. The van der Waals surface area contributed by atoms with Crippen molar-refractivity contribution in [2.75, 3.05) is 0 Å². The van der Waals surface area contributed by atoms with E-state index in [1.165, 1.54) is 0 Å². The van der Waals surface area contributed by atoms with Crippen molar-refractivity contribution in [1.82, 2.24) is 9.97 Å². The number of Topliss-reactive ketones (excluding diaryl/α,β-unsaturated/α-hetero) is 1. The number of nitrogens with one attached hydrogen (secondary N) is 1. The molecule has 21 heavy (non-hydrogen) atoms. The lowest BCUT2D eigenvalue weighted by molar-refractivity contribution is 0.0979. The van der Waals surface area contributed by atoms with E-state index in [4.69, 9.17) is 0 Å². The molecule has 3 aromatic rings. The average Bonchev–Trinajstić information content (AvgIpc) is 3.00. The van der Waals surface area contributed by atoms with Crippen LogP contribution in [0.4, 0.5) is 0 Å². The number of allylic oxidation sites excluding steroid dienone is 1. The van der Waals surface area contributed by atoms with E-state index in [1.54, 1.807) is 12.3 Å². The number of rotatable bonds is 5. The summed E-state index contributed by atoms with van der Waals surface area (Å²) >= 11 is 0. The lowest BCUT2D eigenvalue weighted by Gasteiger charge is -2.06. The van der Waals surface area contributed by atoms with Crippen molar-refractivity contribution in [3.8, 4) is 0 Å². The van der Waals surface area contributed by atoms with Crippen molar-refractivity contribution < 1.29 is 4.79 Å². The summed E-state index contributed by atoms with van der Waals surface area (Å²) in [7, 11) is 0. The van der Waals surface area contributed by atoms with Crippen molar-refractivity contribution in [2.24, 2.45) is 0 Å². The van der Waals surface area contributed by atoms with Gasteiger partial charge in [-0.15, -0.1) is 0 Å². The maximum atomic E-state index is 12.0. The zero-order valence-corrected chi connectivity index (χ0v) is 11.7. The number of H-pyrrole nitrogens is 1. The molecule has 0 aliphatic heterocycles. The topological polar surface area (TPSA) is 45.8 Å². The van der Waals surface area contributed by atoms with Gasteiger partial charge in [0.15, 0.2) is 5.78 Å². The van der Waals surface area contributed by atoms with Gasteiger partial charge in [0.25, 0.3) is 0 Å². The van der Waals surface area contributed by atoms with E-state index >= 15 is 0 Å². The number of aromatic nitrogens is 2. The van der Waals surface area contributed by atoms with Gasteiger partial charge in [-0.2, -0.15) is 0 Å². The minimum Gasteiger partial charge on any atom is -0.361 e. The van der Waals surface area contributed by atoms with E-state index in [-0.39, 0.29) is 5.78 Å². The number of carbonyl (C=O) groups excluding carboxylic acids is 1. The largest absolute Gasteiger partial charge is 0.361 e. The predicted octanol–water partition coefficient (Wildman–Crippen LogP) is 4.24. The number of aromatic amines is 1. The average molecular weight is 276 g/mol. The summed E-state index contributed by atoms with van der Waals surface area (Å²) in [4.78, 5) is 19.3. The van der Waals surface area contributed by atoms with E-state index < -0.39 is 0 Å². The van der Waals surface area contributed by atoms with Gasteiger partial charge in [0, 0.05) is 24.3 Å². The first kappa shape index (κ1) is 13.3. The highest BCUT2D eigenvalue weighted by Crippen LogP contribution is 2.23. The number of carbonyl (C=O) groups is 1. The molecule has 3 heteroatoms. The number of ketones is 1. The Morgan fingerprint density at radius 3 is 2.86 bits per heavy atom. The molecule has 0 unspecified atom stereocenters. The van der Waals surface area contributed by atoms with Gasteiger partial charge < -0.3 is 4.98 Å². The van der Waals surface area contributed by atoms with Crippen molar-refractivity contribution in [2.45, 2.75) is 12.8 Å². The smallest absolute Gasteiger partial charge is 0.181 e. The van der Waals surface area contributed by atoms with Crippen LogP contribution in [0.15, 0.2) is 61.4 Å². The minimum absolute atomic E-state index is 0.0551. The summed E-state index contributed by atoms with van der Waals surface area (Å²) in [5, 5.41) is 1.16. The van der Waals surface area contributed by atoms with Gasteiger partial charge in [0.2, 0.25) is 0 Å². The Balaban J connectivity index is 1.67. The fourth-order valence-corrected chi connectivity index (χ4v) is 2.34. The van der Waals surface area contributed by atoms with Gasteiger partial charge in [-0.05, 0) is 53.3 Å². The number of hydrogen-bond acceptors (Lipinski definition) is 2. The van der Waals surface area contributed by atoms with Crippen LogP contribution in [0.1, 0.15) is 28.9 Å². The van der Waals surface area contributed by atoms with Gasteiger partial charge in [0.05, 0.1) is 0 Å². The molecule has 0 amide bonds. The van der Waals surface area contributed by atoms with Crippen LogP contribution in [0.2, 0.25) is 0 Å². The Bertz CT molecular complexity index is 787. The van der Waals surface area contributed by atoms with Crippen molar-refractivity contribution in [3.63, 3.8) is 0 Å². The van der Waals surface area contributed by atoms with Crippen molar-refractivity contribution >= 4 is 22.3 Å². The molecule has 3 nitrogen and oxygen atoms in total. The van der Waals surface area contributed by atoms with Crippen LogP contribution < -0.4 is 0 Å². The summed E-state index contributed by atoms with van der Waals surface area (Å²) in [6, 6.07) is 13.6. The third-order valence-electron chi connectivity index (χ3n) is 3.57. The van der Waals surface area contributed by atoms with Crippen molar-refractivity contribution in [3.05, 3.63) is 72.7 Å². The third-order valence-corrected chi connectivity index (χ3v) is 3.57. The second kappa shape index (κ2) is 5.75. The van der Waals surface area contributed by atoms with Crippen LogP contribution in [0.25, 0.3) is 16.5 Å². The van der Waals surface area contributed by atoms with E-state index in [2.05, 4.69) is 22.6 Å². The zero-order valence-electron chi connectivity index (χ0n) is 11.7. The second-order valence-corrected chi connectivity index (χ2v) is 5.02. The molecule has 0 fully saturated rings. The van der Waals surface area contributed by atoms with Gasteiger partial charge in [-0.1, -0.05) is 18.7 Å². The molecule has 0 saturated carbocycles. The highest BCUT2D eigenvalue weighted by atomic mass is 16.1. The van der Waals surface area contributed by atoms with Crippen LogP contribution in [-0.2, 0) is 0 Å². The molecule has 0 spiro atoms. The molecule has 3 rings (SSSR count). The summed E-state index contributed by atoms with van der Waals surface area (Å²) in [6.45, 7) is 4.10. The van der Waals surface area contributed by atoms with Gasteiger partial charge in [-0.25, -0.2) is 0 Å². The van der Waals surface area contributed by atoms with Gasteiger partial charge in [-0.3, -0.25) is 9.78 Å². The minimum atomic E-state index is 0.0551. The molecule has 2 heterocycles. The first-order valence-electron chi connectivity index (χ1n) is 6.93. The Labute approximate surface area is 123 Å². The standard InChI is InChI=1S/C18H16N2O/c1-13(5-8-18(21)17-4-2-3-10-19-17)14-6-7-16-15(12-14)9-11-20-16/h2-4,6-7,9-12,20H,1,5,8H2. The van der Waals surface area contributed by atoms with Crippen LogP contribution >= 0.6 is 0 Å². The quantitative estimate of drug-likeness (QED) is 0.708. The third kappa shape index (κ3) is 2.92. The molecule has 0 radical (unpaired) electrons. The molecule has 0 aliphatic rings. The molecule has 0 bridgehead atoms. The maximum absolute atomic E-state index is 12.0. The van der Waals surface area contributed by atoms with Crippen LogP contribution in [-0.4, -0.2) is 15.8 Å². The maximum Gasteiger partial charge on any atom is 0.181 e. The van der Waals surface area contributed by atoms with Gasteiger partial charge >= 0.3 is 0 Å². The summed E-state index contributed by atoms with van der Waals surface area (Å²) in [5.74, 6) is 0.0551. The Hall–Kier alpha value is -2.68. The highest BCUT2D eigenvalue weighted by molar-refractivity contribution is 5.95. The molecule has 0 atom stereocenters. The fraction of sp³-hybridized carbons (Fsp3) is 0.111. The number of hydrogen-bond donors (Lipinski definition) is 1. The molecule has 1 N–H and O–H groups in total. The molecular weight excluding hydrogens is 260 g/mol. The fourth-order valence-electron chi connectivity index (χ4n) is 2.34. The number of benzene rings is 1. The molecule has 0 saturated heterocycles. The lowest BCUT2D eigenvalue weighted by Crippen LogP contribution is -2.01. The Morgan fingerprint density at radius 2 is 2.05 bits per heavy atom. The first-order chi connectivity index (χ1) is 10.2. The molecule has 0 aliphatic carbocycles. The summed E-state index contributed by atoms with van der Waals surface area (Å²) < 4.78 is 0. The van der Waals surface area contributed by atoms with Crippen LogP contribution in [0.5, 0.6) is 0 Å². The van der Waals surface area contributed by atoms with E-state index in [1.807, 2.05) is 36.5 Å². The monoisotopic (exact) mass is 276 g/mol. The van der Waals surface area contributed by atoms with Gasteiger partial charge in [0.1, 0.15) is 5.69 Å². The second-order valence-electron chi connectivity index (χ2n) is 5.02. The number of fused-ring (bicyclic) bond motifs is 1. The normalized spacial score (nSPS) is 10.7. The predicted molar refractivity (Wildman–Crippen MR) is 85.1 cm³/mol.